The van der Waals surface area contributed by atoms with Crippen molar-refractivity contribution in [3.8, 4) is 23.7 Å². The summed E-state index contributed by atoms with van der Waals surface area (Å²) in [6.07, 6.45) is 6.61. The van der Waals surface area contributed by atoms with Gasteiger partial charge < -0.3 is 15.7 Å². The molecule has 14 heteroatoms. The molecule has 0 unspecified atom stereocenters. The second kappa shape index (κ2) is 11.8. The van der Waals surface area contributed by atoms with Gasteiger partial charge in [0.2, 0.25) is 0 Å². The molecule has 0 aliphatic heterocycles. The molecular weight excluding hydrogens is 577 g/mol. The summed E-state index contributed by atoms with van der Waals surface area (Å²) in [6.45, 7) is 1.05. The van der Waals surface area contributed by atoms with E-state index in [-0.39, 0.29) is 17.8 Å². The minimum atomic E-state index is -2.03. The number of carbonyl (C=O) groups excluding carboxylic acids is 1. The highest BCUT2D eigenvalue weighted by Gasteiger charge is 2.41. The smallest absolute Gasteiger partial charge is 0.253 e. The van der Waals surface area contributed by atoms with E-state index >= 15 is 4.39 Å². The lowest BCUT2D eigenvalue weighted by Crippen LogP contribution is -2.50. The molecule has 0 bridgehead atoms. The molecule has 13 nitrogen and oxygen atoms in total. The van der Waals surface area contributed by atoms with E-state index in [2.05, 4.69) is 41.9 Å². The van der Waals surface area contributed by atoms with Crippen LogP contribution in [0, 0.1) is 22.7 Å². The van der Waals surface area contributed by atoms with Gasteiger partial charge in [0.25, 0.3) is 5.91 Å². The molecule has 6 aromatic heterocycles. The number of anilines is 1. The summed E-state index contributed by atoms with van der Waals surface area (Å²) in [7, 11) is 0. The van der Waals surface area contributed by atoms with Crippen molar-refractivity contribution >= 4 is 22.6 Å². The van der Waals surface area contributed by atoms with Gasteiger partial charge in [-0.15, -0.1) is 0 Å². The number of aliphatic hydroxyl groups is 1. The maximum absolute atomic E-state index is 16.4. The Kier molecular flexibility index (Phi) is 7.56. The molecule has 0 fully saturated rings. The standard InChI is InChI=1S/C31H24FN11O2/c1-31(45,18-38-22-16-36-29(37-17-22)26-7-5-24-10-20(12-34)14-40-43(24)26)28(32)27(41-30(44)21-3-2-8-35-15-21)25-6-4-23-9-19(11-33)13-39-42(23)25/h2-10,13-17,27-28,38,45H,18H2,1H3,(H,41,44)/t27-,28-,31-/m1/s1. The molecule has 45 heavy (non-hydrogen) atoms. The third kappa shape index (κ3) is 5.73. The van der Waals surface area contributed by atoms with Gasteiger partial charge in [0.15, 0.2) is 12.0 Å². The number of nitriles is 2. The second-order valence-corrected chi connectivity index (χ2v) is 10.5. The quantitative estimate of drug-likeness (QED) is 0.222. The first-order valence-electron chi connectivity index (χ1n) is 13.7. The van der Waals surface area contributed by atoms with Gasteiger partial charge in [0.1, 0.15) is 29.5 Å². The van der Waals surface area contributed by atoms with E-state index in [1.165, 1.54) is 48.6 Å². The third-order valence-corrected chi connectivity index (χ3v) is 7.24. The lowest BCUT2D eigenvalue weighted by molar-refractivity contribution is -0.0253. The summed E-state index contributed by atoms with van der Waals surface area (Å²) in [4.78, 5) is 25.8. The Morgan fingerprint density at radius 3 is 2.31 bits per heavy atom. The van der Waals surface area contributed by atoms with Crippen LogP contribution in [0.4, 0.5) is 10.1 Å². The van der Waals surface area contributed by atoms with Gasteiger partial charge in [-0.05, 0) is 55.5 Å². The van der Waals surface area contributed by atoms with Crippen LogP contribution in [0.25, 0.3) is 22.6 Å². The SMILES string of the molecule is C[C@@](O)(CNc1cnc(-c2ccc3cc(C#N)cnn23)nc1)[C@H](F)[C@H](NC(=O)c1cccnc1)c1ccc2cc(C#N)cnn12. The van der Waals surface area contributed by atoms with Crippen LogP contribution in [0.5, 0.6) is 0 Å². The van der Waals surface area contributed by atoms with Crippen LogP contribution in [0.1, 0.15) is 40.1 Å². The summed E-state index contributed by atoms with van der Waals surface area (Å²) in [6, 6.07) is 16.0. The van der Waals surface area contributed by atoms with Crippen LogP contribution in [0.2, 0.25) is 0 Å². The Labute approximate surface area is 255 Å². The van der Waals surface area contributed by atoms with Gasteiger partial charge in [0.05, 0.1) is 63.9 Å². The first kappa shape index (κ1) is 28.9. The van der Waals surface area contributed by atoms with Crippen molar-refractivity contribution in [3.63, 3.8) is 0 Å². The average Bonchev–Trinajstić information content (AvgIpc) is 3.70. The lowest BCUT2D eigenvalue weighted by atomic mass is 9.92. The largest absolute Gasteiger partial charge is 0.385 e. The number of nitrogens with one attached hydrogen (secondary N) is 2. The fourth-order valence-electron chi connectivity index (χ4n) is 4.85. The number of fused-ring (bicyclic) bond motifs is 2. The number of pyridine rings is 1. The zero-order valence-electron chi connectivity index (χ0n) is 23.7. The maximum Gasteiger partial charge on any atom is 0.253 e. The number of hydrogen-bond acceptors (Lipinski definition) is 10. The number of aromatic nitrogens is 7. The number of rotatable bonds is 9. The van der Waals surface area contributed by atoms with Crippen LogP contribution < -0.4 is 10.6 Å². The molecule has 6 rings (SSSR count). The van der Waals surface area contributed by atoms with E-state index in [9.17, 15) is 15.2 Å². The summed E-state index contributed by atoms with van der Waals surface area (Å²) < 4.78 is 19.5. The molecule has 0 radical (unpaired) electrons. The Morgan fingerprint density at radius 2 is 1.64 bits per heavy atom. The van der Waals surface area contributed by atoms with Gasteiger partial charge >= 0.3 is 0 Å². The molecule has 0 aromatic carbocycles. The second-order valence-electron chi connectivity index (χ2n) is 10.5. The molecule has 6 heterocycles. The highest BCUT2D eigenvalue weighted by molar-refractivity contribution is 5.94. The van der Waals surface area contributed by atoms with Crippen molar-refractivity contribution in [2.75, 3.05) is 11.9 Å². The molecular formula is C31H24FN11O2. The summed E-state index contributed by atoms with van der Waals surface area (Å²) in [5.74, 6) is -0.221. The Balaban J connectivity index is 1.23. The van der Waals surface area contributed by atoms with Gasteiger partial charge in [-0.1, -0.05) is 0 Å². The maximum atomic E-state index is 16.4. The van der Waals surface area contributed by atoms with E-state index < -0.39 is 23.7 Å². The predicted molar refractivity (Wildman–Crippen MR) is 159 cm³/mol. The van der Waals surface area contributed by atoms with E-state index in [1.807, 2.05) is 6.07 Å². The highest BCUT2D eigenvalue weighted by Crippen LogP contribution is 2.30. The highest BCUT2D eigenvalue weighted by atomic mass is 19.1. The van der Waals surface area contributed by atoms with Crippen molar-refractivity contribution in [1.29, 1.82) is 10.5 Å². The van der Waals surface area contributed by atoms with E-state index in [1.54, 1.807) is 53.0 Å². The van der Waals surface area contributed by atoms with Gasteiger partial charge in [-0.2, -0.15) is 20.7 Å². The number of halogens is 1. The Morgan fingerprint density at radius 1 is 0.978 bits per heavy atom. The van der Waals surface area contributed by atoms with Crippen molar-refractivity contribution in [1.82, 2.24) is 39.5 Å². The molecule has 0 spiro atoms. The van der Waals surface area contributed by atoms with Crippen LogP contribution in [0.15, 0.2) is 85.7 Å². The summed E-state index contributed by atoms with van der Waals surface area (Å²) >= 11 is 0. The van der Waals surface area contributed by atoms with Crippen molar-refractivity contribution in [3.05, 3.63) is 108 Å². The number of hydrogen-bond donors (Lipinski definition) is 3. The zero-order valence-corrected chi connectivity index (χ0v) is 23.7. The van der Waals surface area contributed by atoms with E-state index in [0.29, 0.717) is 39.4 Å². The summed E-state index contributed by atoms with van der Waals surface area (Å²) in [5.41, 5.74) is 1.47. The molecule has 0 saturated heterocycles. The number of alkyl halides is 1. The molecule has 0 aliphatic rings. The van der Waals surface area contributed by atoms with Crippen LogP contribution in [-0.4, -0.2) is 63.5 Å². The topological polar surface area (TPSA) is 182 Å². The third-order valence-electron chi connectivity index (χ3n) is 7.24. The van der Waals surface area contributed by atoms with Gasteiger partial charge in [-0.25, -0.2) is 23.4 Å². The minimum absolute atomic E-state index is 0.210. The molecule has 1 amide bonds. The molecule has 3 atom stereocenters. The average molecular weight is 602 g/mol. The number of carbonyl (C=O) groups is 1. The summed E-state index contributed by atoms with van der Waals surface area (Å²) in [5, 5.41) is 43.9. The van der Waals surface area contributed by atoms with Crippen LogP contribution >= 0.6 is 0 Å². The minimum Gasteiger partial charge on any atom is -0.385 e. The van der Waals surface area contributed by atoms with Crippen molar-refractivity contribution in [2.45, 2.75) is 24.7 Å². The van der Waals surface area contributed by atoms with Gasteiger partial charge in [0, 0.05) is 18.9 Å². The van der Waals surface area contributed by atoms with Crippen LogP contribution in [-0.2, 0) is 0 Å². The zero-order chi connectivity index (χ0) is 31.6. The van der Waals surface area contributed by atoms with Crippen molar-refractivity contribution in [2.24, 2.45) is 0 Å². The fourth-order valence-corrected chi connectivity index (χ4v) is 4.85. The van der Waals surface area contributed by atoms with E-state index in [4.69, 9.17) is 5.26 Å². The normalized spacial score (nSPS) is 13.8. The first-order chi connectivity index (χ1) is 21.8. The lowest BCUT2D eigenvalue weighted by Gasteiger charge is -2.33. The molecule has 0 saturated carbocycles. The Bertz CT molecular complexity index is 2090. The number of nitrogens with zero attached hydrogens (tertiary/aromatic N) is 9. The van der Waals surface area contributed by atoms with Crippen molar-refractivity contribution < 1.29 is 14.3 Å². The predicted octanol–water partition coefficient (Wildman–Crippen LogP) is 3.25. The molecule has 222 valence electrons. The molecule has 0 aliphatic carbocycles. The number of amides is 1. The first-order valence-corrected chi connectivity index (χ1v) is 13.7. The van der Waals surface area contributed by atoms with E-state index in [0.717, 1.165) is 0 Å². The molecule has 6 aromatic rings. The van der Waals surface area contributed by atoms with Crippen LogP contribution in [0.3, 0.4) is 0 Å². The fraction of sp³-hybridized carbons (Fsp3) is 0.161. The monoisotopic (exact) mass is 601 g/mol. The Hall–Kier alpha value is -6.25. The van der Waals surface area contributed by atoms with Gasteiger partial charge in [-0.3, -0.25) is 9.78 Å². The molecule has 3 N–H and O–H groups in total.